The zero-order valence-electron chi connectivity index (χ0n) is 14.0. The van der Waals surface area contributed by atoms with E-state index in [1.165, 1.54) is 28.8 Å². The molecule has 0 saturated heterocycles. The van der Waals surface area contributed by atoms with Crippen molar-refractivity contribution in [3.8, 4) is 5.88 Å². The van der Waals surface area contributed by atoms with Crippen molar-refractivity contribution in [3.05, 3.63) is 46.6 Å². The molecule has 1 aromatic carbocycles. The molecule has 1 aliphatic rings. The van der Waals surface area contributed by atoms with Gasteiger partial charge in [-0.05, 0) is 48.9 Å². The van der Waals surface area contributed by atoms with Gasteiger partial charge in [0.1, 0.15) is 11.2 Å². The third kappa shape index (κ3) is 3.22. The Bertz CT molecular complexity index is 918. The van der Waals surface area contributed by atoms with Crippen molar-refractivity contribution < 1.29 is 9.53 Å². The molecular weight excluding hydrogens is 334 g/mol. The molecule has 1 N–H and O–H groups in total. The summed E-state index contributed by atoms with van der Waals surface area (Å²) in [5.74, 6) is 0.323. The van der Waals surface area contributed by atoms with Crippen LogP contribution >= 0.6 is 11.3 Å². The Morgan fingerprint density at radius 1 is 1.24 bits per heavy atom. The quantitative estimate of drug-likeness (QED) is 0.758. The van der Waals surface area contributed by atoms with Gasteiger partial charge in [-0.15, -0.1) is 11.3 Å². The number of carbonyl (C=O) groups excluding carboxylic acids is 1. The van der Waals surface area contributed by atoms with E-state index in [1.54, 1.807) is 11.3 Å². The van der Waals surface area contributed by atoms with Crippen LogP contribution in [0, 0.1) is 0 Å². The highest BCUT2D eigenvalue weighted by atomic mass is 32.1. The van der Waals surface area contributed by atoms with E-state index in [4.69, 9.17) is 4.74 Å². The number of ether oxygens (including phenoxy) is 1. The van der Waals surface area contributed by atoms with Crippen molar-refractivity contribution in [2.45, 2.75) is 32.6 Å². The van der Waals surface area contributed by atoms with Gasteiger partial charge in [-0.1, -0.05) is 19.1 Å². The molecule has 25 heavy (non-hydrogen) atoms. The summed E-state index contributed by atoms with van der Waals surface area (Å²) in [6.45, 7) is 2.04. The first-order valence-corrected chi connectivity index (χ1v) is 9.33. The predicted molar refractivity (Wildman–Crippen MR) is 99.4 cm³/mol. The molecule has 0 fully saturated rings. The number of amides is 1. The Hall–Kier alpha value is -2.47. The lowest BCUT2D eigenvalue weighted by atomic mass is 10.1. The smallest absolute Gasteiger partial charge is 0.262 e. The first kappa shape index (κ1) is 16.0. The lowest BCUT2D eigenvalue weighted by Crippen LogP contribution is -2.20. The van der Waals surface area contributed by atoms with Gasteiger partial charge in [-0.25, -0.2) is 9.97 Å². The number of fused-ring (bicyclic) bond motifs is 3. The number of benzene rings is 1. The molecule has 0 saturated carbocycles. The van der Waals surface area contributed by atoms with Crippen LogP contribution in [0.25, 0.3) is 10.2 Å². The van der Waals surface area contributed by atoms with Crippen molar-refractivity contribution >= 4 is 33.1 Å². The summed E-state index contributed by atoms with van der Waals surface area (Å²) in [7, 11) is 0. The third-order valence-electron chi connectivity index (χ3n) is 4.45. The second-order valence-corrected chi connectivity index (χ2v) is 7.19. The van der Waals surface area contributed by atoms with Crippen molar-refractivity contribution in [2.24, 2.45) is 0 Å². The number of hydrogen-bond donors (Lipinski definition) is 1. The molecule has 0 unspecified atom stereocenters. The summed E-state index contributed by atoms with van der Waals surface area (Å²) in [5, 5.41) is 3.84. The molecule has 2 heterocycles. The minimum Gasteiger partial charge on any atom is -0.467 e. The zero-order chi connectivity index (χ0) is 17.2. The van der Waals surface area contributed by atoms with Gasteiger partial charge in [0.15, 0.2) is 6.61 Å². The van der Waals surface area contributed by atoms with Crippen molar-refractivity contribution in [2.75, 3.05) is 11.9 Å². The lowest BCUT2D eigenvalue weighted by Gasteiger charge is -2.08. The van der Waals surface area contributed by atoms with E-state index in [9.17, 15) is 4.79 Å². The Morgan fingerprint density at radius 3 is 2.88 bits per heavy atom. The fourth-order valence-corrected chi connectivity index (χ4v) is 4.38. The molecule has 0 spiro atoms. The lowest BCUT2D eigenvalue weighted by molar-refractivity contribution is -0.118. The Morgan fingerprint density at radius 2 is 2.08 bits per heavy atom. The van der Waals surface area contributed by atoms with Crippen LogP contribution in [0.15, 0.2) is 30.6 Å². The summed E-state index contributed by atoms with van der Waals surface area (Å²) in [5.41, 5.74) is 3.31. The number of thiophene rings is 1. The van der Waals surface area contributed by atoms with Gasteiger partial charge >= 0.3 is 0 Å². The minimum atomic E-state index is -0.192. The van der Waals surface area contributed by atoms with Crippen molar-refractivity contribution in [3.63, 3.8) is 0 Å². The average molecular weight is 353 g/mol. The number of nitrogens with one attached hydrogen (secondary N) is 1. The summed E-state index contributed by atoms with van der Waals surface area (Å²) in [4.78, 5) is 23.1. The summed E-state index contributed by atoms with van der Waals surface area (Å²) in [6, 6.07) is 7.84. The largest absolute Gasteiger partial charge is 0.467 e. The van der Waals surface area contributed by atoms with Crippen LogP contribution in [0.3, 0.4) is 0 Å². The second-order valence-electron chi connectivity index (χ2n) is 6.10. The van der Waals surface area contributed by atoms with E-state index in [0.717, 1.165) is 35.2 Å². The SMILES string of the molecule is CCc1ccc(NC(=O)COc2ncnc3sc4c(c23)CCC4)cc1. The molecule has 1 aliphatic carbocycles. The molecule has 0 bridgehead atoms. The molecule has 1 amide bonds. The second kappa shape index (κ2) is 6.80. The van der Waals surface area contributed by atoms with Crippen LogP contribution in [0.2, 0.25) is 0 Å². The van der Waals surface area contributed by atoms with Gasteiger partial charge in [0.05, 0.1) is 5.39 Å². The van der Waals surface area contributed by atoms with Gasteiger partial charge in [0.25, 0.3) is 5.91 Å². The Labute approximate surface area is 150 Å². The van der Waals surface area contributed by atoms with Crippen LogP contribution in [-0.2, 0) is 24.1 Å². The minimum absolute atomic E-state index is 0.0632. The van der Waals surface area contributed by atoms with Gasteiger partial charge < -0.3 is 10.1 Å². The topological polar surface area (TPSA) is 64.1 Å². The van der Waals surface area contributed by atoms with E-state index >= 15 is 0 Å². The van der Waals surface area contributed by atoms with Crippen molar-refractivity contribution in [1.29, 1.82) is 0 Å². The maximum atomic E-state index is 12.2. The standard InChI is InChI=1S/C19H19N3O2S/c1-2-12-6-8-13(9-7-12)22-16(23)10-24-18-17-14-4-3-5-15(14)25-19(17)21-11-20-18/h6-9,11H,2-5,10H2,1H3,(H,22,23). The predicted octanol–water partition coefficient (Wildman–Crippen LogP) is 3.76. The first-order valence-electron chi connectivity index (χ1n) is 8.51. The molecule has 128 valence electrons. The van der Waals surface area contributed by atoms with Gasteiger partial charge in [-0.2, -0.15) is 0 Å². The van der Waals surface area contributed by atoms with E-state index in [2.05, 4.69) is 22.2 Å². The number of aryl methyl sites for hydroxylation is 3. The number of nitrogens with zero attached hydrogens (tertiary/aromatic N) is 2. The Kier molecular flexibility index (Phi) is 4.36. The number of anilines is 1. The summed E-state index contributed by atoms with van der Waals surface area (Å²) >= 11 is 1.71. The van der Waals surface area contributed by atoms with Crippen LogP contribution in [0.5, 0.6) is 5.88 Å². The summed E-state index contributed by atoms with van der Waals surface area (Å²) in [6.07, 6.45) is 5.79. The molecule has 6 heteroatoms. The van der Waals surface area contributed by atoms with Crippen LogP contribution < -0.4 is 10.1 Å². The molecule has 0 radical (unpaired) electrons. The highest BCUT2D eigenvalue weighted by molar-refractivity contribution is 7.18. The van der Waals surface area contributed by atoms with Crippen molar-refractivity contribution in [1.82, 2.24) is 9.97 Å². The molecule has 5 nitrogen and oxygen atoms in total. The maximum absolute atomic E-state index is 12.2. The maximum Gasteiger partial charge on any atom is 0.262 e. The fraction of sp³-hybridized carbons (Fsp3) is 0.316. The molecule has 3 aromatic rings. The number of rotatable bonds is 5. The molecule has 0 atom stereocenters. The van der Waals surface area contributed by atoms with E-state index in [0.29, 0.717) is 5.88 Å². The first-order chi connectivity index (χ1) is 12.2. The average Bonchev–Trinajstić information content (AvgIpc) is 3.21. The van der Waals surface area contributed by atoms with Gasteiger partial charge in [0, 0.05) is 10.6 Å². The fourth-order valence-electron chi connectivity index (χ4n) is 3.16. The van der Waals surface area contributed by atoms with Gasteiger partial charge in [-0.3, -0.25) is 4.79 Å². The molecule has 0 aliphatic heterocycles. The van der Waals surface area contributed by atoms with E-state index in [-0.39, 0.29) is 12.5 Å². The third-order valence-corrected chi connectivity index (χ3v) is 5.65. The van der Waals surface area contributed by atoms with Crippen LogP contribution in [0.1, 0.15) is 29.3 Å². The number of hydrogen-bond acceptors (Lipinski definition) is 5. The molecule has 4 rings (SSSR count). The highest BCUT2D eigenvalue weighted by Gasteiger charge is 2.22. The van der Waals surface area contributed by atoms with E-state index in [1.807, 2.05) is 24.3 Å². The monoisotopic (exact) mass is 353 g/mol. The van der Waals surface area contributed by atoms with E-state index < -0.39 is 0 Å². The summed E-state index contributed by atoms with van der Waals surface area (Å²) < 4.78 is 5.73. The molecule has 2 aromatic heterocycles. The normalized spacial score (nSPS) is 13.0. The van der Waals surface area contributed by atoms with Gasteiger partial charge in [0.2, 0.25) is 5.88 Å². The van der Waals surface area contributed by atoms with Crippen LogP contribution in [-0.4, -0.2) is 22.5 Å². The highest BCUT2D eigenvalue weighted by Crippen LogP contribution is 2.39. The Balaban J connectivity index is 1.46. The van der Waals surface area contributed by atoms with Crippen LogP contribution in [0.4, 0.5) is 5.69 Å². The number of carbonyl (C=O) groups is 1. The zero-order valence-corrected chi connectivity index (χ0v) is 14.9. The number of aromatic nitrogens is 2. The molecular formula is C19H19N3O2S.